The summed E-state index contributed by atoms with van der Waals surface area (Å²) in [6.45, 7) is 7.16. The zero-order valence-electron chi connectivity index (χ0n) is 12.1. The normalized spacial score (nSPS) is 23.8. The Labute approximate surface area is 115 Å². The Bertz CT molecular complexity index is 431. The van der Waals surface area contributed by atoms with Crippen molar-refractivity contribution in [2.24, 2.45) is 0 Å². The quantitative estimate of drug-likeness (QED) is 0.884. The number of ether oxygens (including phenoxy) is 1. The van der Waals surface area contributed by atoms with Crippen LogP contribution in [-0.2, 0) is 11.2 Å². The van der Waals surface area contributed by atoms with Crippen molar-refractivity contribution in [3.05, 3.63) is 17.0 Å². The molecule has 1 saturated heterocycles. The summed E-state index contributed by atoms with van der Waals surface area (Å²) < 4.78 is 7.80. The van der Waals surface area contributed by atoms with Gasteiger partial charge in [0, 0.05) is 18.3 Å². The molecule has 19 heavy (non-hydrogen) atoms. The second-order valence-corrected chi connectivity index (χ2v) is 5.94. The molecule has 1 unspecified atom stereocenters. The molecule has 106 valence electrons. The van der Waals surface area contributed by atoms with Crippen LogP contribution < -0.4 is 5.32 Å². The number of nitrogens with zero attached hydrogens (tertiary/aromatic N) is 2. The van der Waals surface area contributed by atoms with Crippen LogP contribution in [0.1, 0.15) is 48.7 Å². The zero-order valence-corrected chi connectivity index (χ0v) is 12.1. The topological polar surface area (TPSA) is 39.1 Å². The lowest BCUT2D eigenvalue weighted by molar-refractivity contribution is 0.0541. The van der Waals surface area contributed by atoms with Crippen LogP contribution >= 0.6 is 0 Å². The average molecular weight is 263 g/mol. The molecule has 0 spiro atoms. The molecule has 1 aromatic heterocycles. The van der Waals surface area contributed by atoms with Gasteiger partial charge in [-0.25, -0.2) is 0 Å². The number of hydrogen-bond donors (Lipinski definition) is 1. The van der Waals surface area contributed by atoms with Gasteiger partial charge in [-0.1, -0.05) is 0 Å². The first-order chi connectivity index (χ1) is 9.25. The Kier molecular flexibility index (Phi) is 3.89. The monoisotopic (exact) mass is 263 g/mol. The maximum atomic E-state index is 5.59. The van der Waals surface area contributed by atoms with Crippen LogP contribution in [0.2, 0.25) is 0 Å². The molecule has 1 aliphatic heterocycles. The second-order valence-electron chi connectivity index (χ2n) is 5.94. The van der Waals surface area contributed by atoms with E-state index in [9.17, 15) is 0 Å². The van der Waals surface area contributed by atoms with E-state index in [4.69, 9.17) is 9.84 Å². The molecule has 0 amide bonds. The first-order valence-corrected chi connectivity index (χ1v) is 7.61. The van der Waals surface area contributed by atoms with Crippen LogP contribution in [0.5, 0.6) is 0 Å². The fraction of sp³-hybridized carbons (Fsp3) is 0.800. The summed E-state index contributed by atoms with van der Waals surface area (Å²) in [5.41, 5.74) is 3.96. The molecule has 2 aliphatic rings. The molecule has 2 heterocycles. The fourth-order valence-corrected chi connectivity index (χ4v) is 3.02. The highest BCUT2D eigenvalue weighted by molar-refractivity contribution is 5.25. The molecule has 4 heteroatoms. The second kappa shape index (κ2) is 5.63. The summed E-state index contributed by atoms with van der Waals surface area (Å²) in [6.07, 6.45) is 6.17. The van der Waals surface area contributed by atoms with Crippen molar-refractivity contribution in [1.82, 2.24) is 15.1 Å². The minimum Gasteiger partial charge on any atom is -0.379 e. The fourth-order valence-electron chi connectivity index (χ4n) is 3.02. The molecule has 2 fully saturated rings. The average Bonchev–Trinajstić information content (AvgIpc) is 3.20. The van der Waals surface area contributed by atoms with E-state index in [2.05, 4.69) is 23.8 Å². The van der Waals surface area contributed by atoms with Crippen molar-refractivity contribution in [2.75, 3.05) is 19.8 Å². The standard InChI is InChI=1S/C15H25N3O/c1-11-15(7-8-16-13-5-6-13)12(2)18(17-11)14-4-3-9-19-10-14/h13-14,16H,3-10H2,1-2H3. The van der Waals surface area contributed by atoms with Crippen LogP contribution in [-0.4, -0.2) is 35.6 Å². The highest BCUT2D eigenvalue weighted by Gasteiger charge is 2.22. The van der Waals surface area contributed by atoms with E-state index in [-0.39, 0.29) is 0 Å². The van der Waals surface area contributed by atoms with Gasteiger partial charge in [0.1, 0.15) is 0 Å². The van der Waals surface area contributed by atoms with Crippen molar-refractivity contribution >= 4 is 0 Å². The summed E-state index contributed by atoms with van der Waals surface area (Å²) in [5.74, 6) is 0. The Morgan fingerprint density at radius 3 is 2.84 bits per heavy atom. The summed E-state index contributed by atoms with van der Waals surface area (Å²) in [7, 11) is 0. The molecule has 1 aliphatic carbocycles. The predicted octanol–water partition coefficient (Wildman–Crippen LogP) is 2.15. The summed E-state index contributed by atoms with van der Waals surface area (Å²) >= 11 is 0. The van der Waals surface area contributed by atoms with Gasteiger partial charge in [-0.05, 0) is 58.1 Å². The predicted molar refractivity (Wildman–Crippen MR) is 75.5 cm³/mol. The minimum atomic E-state index is 0.442. The van der Waals surface area contributed by atoms with Gasteiger partial charge in [0.2, 0.25) is 0 Å². The maximum absolute atomic E-state index is 5.59. The van der Waals surface area contributed by atoms with Crippen LogP contribution in [0, 0.1) is 13.8 Å². The van der Waals surface area contributed by atoms with Crippen LogP contribution in [0.4, 0.5) is 0 Å². The molecule has 1 atom stereocenters. The highest BCUT2D eigenvalue weighted by Crippen LogP contribution is 2.24. The molecular formula is C15H25N3O. The first kappa shape index (κ1) is 13.1. The van der Waals surface area contributed by atoms with E-state index in [1.807, 2.05) is 0 Å². The molecule has 1 aromatic rings. The van der Waals surface area contributed by atoms with E-state index in [1.54, 1.807) is 0 Å². The van der Waals surface area contributed by atoms with E-state index < -0.39 is 0 Å². The summed E-state index contributed by atoms with van der Waals surface area (Å²) in [5, 5.41) is 8.34. The van der Waals surface area contributed by atoms with Crippen molar-refractivity contribution in [1.29, 1.82) is 0 Å². The lowest BCUT2D eigenvalue weighted by Gasteiger charge is -2.23. The van der Waals surface area contributed by atoms with Gasteiger partial charge in [0.05, 0.1) is 18.3 Å². The van der Waals surface area contributed by atoms with Crippen molar-refractivity contribution in [3.63, 3.8) is 0 Å². The molecule has 0 bridgehead atoms. The molecule has 3 rings (SSSR count). The van der Waals surface area contributed by atoms with E-state index in [0.29, 0.717) is 6.04 Å². The number of nitrogens with one attached hydrogen (secondary N) is 1. The Balaban J connectivity index is 1.67. The molecule has 1 saturated carbocycles. The van der Waals surface area contributed by atoms with Crippen molar-refractivity contribution in [3.8, 4) is 0 Å². The lowest BCUT2D eigenvalue weighted by atomic mass is 10.1. The number of aryl methyl sites for hydroxylation is 1. The number of rotatable bonds is 5. The van der Waals surface area contributed by atoms with Crippen LogP contribution in [0.3, 0.4) is 0 Å². The molecule has 1 N–H and O–H groups in total. The van der Waals surface area contributed by atoms with Gasteiger partial charge < -0.3 is 10.1 Å². The third-order valence-corrected chi connectivity index (χ3v) is 4.34. The molecule has 0 aromatic carbocycles. The lowest BCUT2D eigenvalue weighted by Crippen LogP contribution is -2.23. The first-order valence-electron chi connectivity index (χ1n) is 7.61. The highest BCUT2D eigenvalue weighted by atomic mass is 16.5. The van der Waals surface area contributed by atoms with Gasteiger partial charge in [0.25, 0.3) is 0 Å². The van der Waals surface area contributed by atoms with E-state index in [0.717, 1.165) is 38.6 Å². The third-order valence-electron chi connectivity index (χ3n) is 4.34. The molecule has 4 nitrogen and oxygen atoms in total. The van der Waals surface area contributed by atoms with Crippen LogP contribution in [0.15, 0.2) is 0 Å². The van der Waals surface area contributed by atoms with Gasteiger partial charge in [-0.3, -0.25) is 4.68 Å². The van der Waals surface area contributed by atoms with Gasteiger partial charge >= 0.3 is 0 Å². The summed E-state index contributed by atoms with van der Waals surface area (Å²) in [4.78, 5) is 0. The van der Waals surface area contributed by atoms with Gasteiger partial charge in [-0.2, -0.15) is 5.10 Å². The smallest absolute Gasteiger partial charge is 0.0756 e. The Morgan fingerprint density at radius 1 is 1.32 bits per heavy atom. The molecular weight excluding hydrogens is 238 g/mol. The minimum absolute atomic E-state index is 0.442. The zero-order chi connectivity index (χ0) is 13.2. The molecule has 0 radical (unpaired) electrons. The van der Waals surface area contributed by atoms with E-state index >= 15 is 0 Å². The van der Waals surface area contributed by atoms with E-state index in [1.165, 1.54) is 36.2 Å². The van der Waals surface area contributed by atoms with Crippen molar-refractivity contribution in [2.45, 2.75) is 58.0 Å². The Morgan fingerprint density at radius 2 is 2.16 bits per heavy atom. The third kappa shape index (κ3) is 3.00. The van der Waals surface area contributed by atoms with Gasteiger partial charge in [0.15, 0.2) is 0 Å². The number of aromatic nitrogens is 2. The maximum Gasteiger partial charge on any atom is 0.0756 e. The SMILES string of the molecule is Cc1nn(C2CCCOC2)c(C)c1CCNC1CC1. The van der Waals surface area contributed by atoms with Crippen LogP contribution in [0.25, 0.3) is 0 Å². The number of hydrogen-bond acceptors (Lipinski definition) is 3. The largest absolute Gasteiger partial charge is 0.379 e. The van der Waals surface area contributed by atoms with Crippen molar-refractivity contribution < 1.29 is 4.74 Å². The summed E-state index contributed by atoms with van der Waals surface area (Å²) in [6, 6.07) is 1.24. The van der Waals surface area contributed by atoms with Gasteiger partial charge in [-0.15, -0.1) is 0 Å². The Hall–Kier alpha value is -0.870.